The zero-order valence-corrected chi connectivity index (χ0v) is 11.9. The number of halogens is 4. The van der Waals surface area contributed by atoms with E-state index in [1.54, 1.807) is 6.92 Å². The van der Waals surface area contributed by atoms with E-state index in [0.717, 1.165) is 24.6 Å². The Morgan fingerprint density at radius 3 is 1.62 bits per heavy atom. The summed E-state index contributed by atoms with van der Waals surface area (Å²) in [6.45, 7) is 2.50. The van der Waals surface area contributed by atoms with Gasteiger partial charge in [0.05, 0.1) is 4.90 Å². The molecule has 112 valence electrons. The molecule has 0 unspecified atom stereocenters. The van der Waals surface area contributed by atoms with Gasteiger partial charge in [-0.2, -0.15) is 0 Å². The molecular formula is C14H10F4O2S. The first kappa shape index (κ1) is 15.5. The summed E-state index contributed by atoms with van der Waals surface area (Å²) >= 11 is 0. The predicted octanol–water partition coefficient (Wildman–Crippen LogP) is 3.69. The molecule has 21 heavy (non-hydrogen) atoms. The summed E-state index contributed by atoms with van der Waals surface area (Å²) in [5.41, 5.74) is -0.191. The van der Waals surface area contributed by atoms with Crippen LogP contribution in [0.4, 0.5) is 17.6 Å². The normalized spacial score (nSPS) is 11.7. The van der Waals surface area contributed by atoms with Gasteiger partial charge < -0.3 is 0 Å². The van der Waals surface area contributed by atoms with Gasteiger partial charge in [-0.3, -0.25) is 0 Å². The molecule has 2 aromatic carbocycles. The number of hydrogen-bond acceptors (Lipinski definition) is 2. The van der Waals surface area contributed by atoms with E-state index < -0.39 is 48.5 Å². The first-order valence-electron chi connectivity index (χ1n) is 5.82. The molecule has 2 nitrogen and oxygen atoms in total. The molecule has 0 N–H and O–H groups in total. The summed E-state index contributed by atoms with van der Waals surface area (Å²) in [7, 11) is -4.71. The van der Waals surface area contributed by atoms with Crippen molar-refractivity contribution < 1.29 is 26.0 Å². The fraction of sp³-hybridized carbons (Fsp3) is 0.143. The fourth-order valence-electron chi connectivity index (χ4n) is 1.79. The molecule has 7 heteroatoms. The van der Waals surface area contributed by atoms with Gasteiger partial charge in [0.15, 0.2) is 23.3 Å². The van der Waals surface area contributed by atoms with Gasteiger partial charge in [0.2, 0.25) is 9.84 Å². The monoisotopic (exact) mass is 318 g/mol. The fourth-order valence-corrected chi connectivity index (χ4v) is 3.17. The van der Waals surface area contributed by atoms with Crippen molar-refractivity contribution in [1.29, 1.82) is 0 Å². The van der Waals surface area contributed by atoms with E-state index in [2.05, 4.69) is 0 Å². The van der Waals surface area contributed by atoms with Crippen LogP contribution in [0.3, 0.4) is 0 Å². The quantitative estimate of drug-likeness (QED) is 0.625. The Bertz CT molecular complexity index is 783. The van der Waals surface area contributed by atoms with E-state index in [1.807, 2.05) is 0 Å². The summed E-state index contributed by atoms with van der Waals surface area (Å²) < 4.78 is 79.0. The van der Waals surface area contributed by atoms with Crippen molar-refractivity contribution in [2.75, 3.05) is 0 Å². The van der Waals surface area contributed by atoms with Gasteiger partial charge in [-0.1, -0.05) is 17.7 Å². The molecule has 0 saturated carbocycles. The predicted molar refractivity (Wildman–Crippen MR) is 67.6 cm³/mol. The lowest BCUT2D eigenvalue weighted by atomic mass is 10.2. The average molecular weight is 318 g/mol. The van der Waals surface area contributed by atoms with Gasteiger partial charge in [0.1, 0.15) is 4.90 Å². The van der Waals surface area contributed by atoms with Crippen LogP contribution in [0.1, 0.15) is 11.1 Å². The van der Waals surface area contributed by atoms with E-state index in [0.29, 0.717) is 0 Å². The highest BCUT2D eigenvalue weighted by Crippen LogP contribution is 2.31. The summed E-state index contributed by atoms with van der Waals surface area (Å²) in [5, 5.41) is 0. The molecule has 0 aliphatic carbocycles. The van der Waals surface area contributed by atoms with E-state index in [1.165, 1.54) is 12.1 Å². The highest BCUT2D eigenvalue weighted by molar-refractivity contribution is 7.91. The lowest BCUT2D eigenvalue weighted by Gasteiger charge is -2.10. The van der Waals surface area contributed by atoms with Crippen LogP contribution in [0.2, 0.25) is 0 Å². The van der Waals surface area contributed by atoms with Crippen LogP contribution in [0.25, 0.3) is 0 Å². The Kier molecular flexibility index (Phi) is 3.79. The smallest absolute Gasteiger partial charge is 0.212 e. The Hall–Kier alpha value is -1.89. The molecule has 0 bridgehead atoms. The van der Waals surface area contributed by atoms with Crippen molar-refractivity contribution in [3.8, 4) is 0 Å². The lowest BCUT2D eigenvalue weighted by Crippen LogP contribution is -2.12. The van der Waals surface area contributed by atoms with Crippen LogP contribution in [0.5, 0.6) is 0 Å². The van der Waals surface area contributed by atoms with Gasteiger partial charge in [-0.05, 0) is 26.0 Å². The van der Waals surface area contributed by atoms with Gasteiger partial charge in [-0.25, -0.2) is 26.0 Å². The lowest BCUT2D eigenvalue weighted by molar-refractivity contribution is 0.412. The second kappa shape index (κ2) is 5.14. The number of benzene rings is 2. The van der Waals surface area contributed by atoms with E-state index in [4.69, 9.17) is 0 Å². The summed E-state index contributed by atoms with van der Waals surface area (Å²) in [4.78, 5) is -2.07. The van der Waals surface area contributed by atoms with Crippen molar-refractivity contribution in [3.05, 3.63) is 58.7 Å². The molecule has 2 aromatic rings. The minimum atomic E-state index is -4.71. The zero-order valence-electron chi connectivity index (χ0n) is 11.0. The molecule has 0 saturated heterocycles. The van der Waals surface area contributed by atoms with Crippen molar-refractivity contribution in [3.63, 3.8) is 0 Å². The van der Waals surface area contributed by atoms with E-state index in [-0.39, 0.29) is 0 Å². The molecule has 0 aliphatic heterocycles. The van der Waals surface area contributed by atoms with Crippen LogP contribution >= 0.6 is 0 Å². The van der Waals surface area contributed by atoms with Crippen molar-refractivity contribution in [1.82, 2.24) is 0 Å². The first-order valence-corrected chi connectivity index (χ1v) is 7.30. The standard InChI is InChI=1S/C14H10F4O2S/c1-7-3-5-9(6-4-7)21(19,20)14-12(17)10(15)8(2)11(16)13(14)18/h3-6H,1-2H3. The van der Waals surface area contributed by atoms with Crippen LogP contribution < -0.4 is 0 Å². The average Bonchev–Trinajstić information content (AvgIpc) is 2.43. The molecule has 0 spiro atoms. The van der Waals surface area contributed by atoms with Crippen molar-refractivity contribution in [2.45, 2.75) is 23.6 Å². The molecule has 0 atom stereocenters. The van der Waals surface area contributed by atoms with Gasteiger partial charge >= 0.3 is 0 Å². The summed E-state index contributed by atoms with van der Waals surface area (Å²) in [6, 6.07) is 5.03. The van der Waals surface area contributed by atoms with Gasteiger partial charge in [-0.15, -0.1) is 0 Å². The number of sulfone groups is 1. The van der Waals surface area contributed by atoms with Gasteiger partial charge in [0, 0.05) is 5.56 Å². The molecule has 0 amide bonds. The largest absolute Gasteiger partial charge is 0.218 e. The number of hydrogen-bond donors (Lipinski definition) is 0. The third-order valence-corrected chi connectivity index (χ3v) is 4.83. The Balaban J connectivity index is 2.80. The Labute approximate surface area is 119 Å². The summed E-state index contributed by atoms with van der Waals surface area (Å²) in [5.74, 6) is -7.29. The van der Waals surface area contributed by atoms with Crippen molar-refractivity contribution >= 4 is 9.84 Å². The molecule has 0 aromatic heterocycles. The van der Waals surface area contributed by atoms with Crippen LogP contribution in [0.15, 0.2) is 34.1 Å². The maximum atomic E-state index is 13.8. The van der Waals surface area contributed by atoms with Gasteiger partial charge in [0.25, 0.3) is 0 Å². The number of aryl methyl sites for hydroxylation is 1. The molecule has 0 heterocycles. The highest BCUT2D eigenvalue weighted by atomic mass is 32.2. The SMILES string of the molecule is Cc1ccc(S(=O)(=O)c2c(F)c(F)c(C)c(F)c2F)cc1. The maximum Gasteiger partial charge on any atom is 0.212 e. The third-order valence-electron chi connectivity index (χ3n) is 3.04. The third kappa shape index (κ3) is 2.42. The number of rotatable bonds is 2. The van der Waals surface area contributed by atoms with E-state index >= 15 is 0 Å². The molecule has 0 radical (unpaired) electrons. The minimum absolute atomic E-state index is 0.450. The molecule has 0 aliphatic rings. The highest BCUT2D eigenvalue weighted by Gasteiger charge is 2.32. The van der Waals surface area contributed by atoms with Crippen LogP contribution in [0, 0.1) is 37.1 Å². The Morgan fingerprint density at radius 1 is 0.762 bits per heavy atom. The summed E-state index contributed by atoms with van der Waals surface area (Å²) in [6.07, 6.45) is 0. The molecule has 0 fully saturated rings. The second-order valence-corrected chi connectivity index (χ2v) is 6.41. The topological polar surface area (TPSA) is 34.1 Å². The first-order chi connectivity index (χ1) is 9.67. The maximum absolute atomic E-state index is 13.8. The molecular weight excluding hydrogens is 308 g/mol. The minimum Gasteiger partial charge on any atom is -0.218 e. The Morgan fingerprint density at radius 2 is 1.19 bits per heavy atom. The van der Waals surface area contributed by atoms with E-state index in [9.17, 15) is 26.0 Å². The second-order valence-electron chi connectivity index (χ2n) is 4.53. The van der Waals surface area contributed by atoms with Crippen molar-refractivity contribution in [2.24, 2.45) is 0 Å². The van der Waals surface area contributed by atoms with Crippen LogP contribution in [-0.4, -0.2) is 8.42 Å². The van der Waals surface area contributed by atoms with Crippen LogP contribution in [-0.2, 0) is 9.84 Å². The zero-order chi connectivity index (χ0) is 15.9. The molecule has 2 rings (SSSR count).